The highest BCUT2D eigenvalue weighted by molar-refractivity contribution is 7.89. The average molecular weight is 312 g/mol. The van der Waals surface area contributed by atoms with E-state index in [1.807, 2.05) is 0 Å². The van der Waals surface area contributed by atoms with E-state index in [1.165, 1.54) is 4.31 Å². The maximum Gasteiger partial charge on any atom is 0.243 e. The molecule has 0 radical (unpaired) electrons. The van der Waals surface area contributed by atoms with Gasteiger partial charge in [-0.05, 0) is 37.0 Å². The Morgan fingerprint density at radius 2 is 2.05 bits per heavy atom. The highest BCUT2D eigenvalue weighted by Gasteiger charge is 2.30. The molecule has 1 unspecified atom stereocenters. The molecule has 2 rings (SSSR count). The molecule has 0 amide bonds. The van der Waals surface area contributed by atoms with Gasteiger partial charge in [-0.3, -0.25) is 0 Å². The Morgan fingerprint density at radius 1 is 1.33 bits per heavy atom. The number of hydrogen-bond acceptors (Lipinski definition) is 4. The summed E-state index contributed by atoms with van der Waals surface area (Å²) >= 11 is 0. The molecule has 5 nitrogen and oxygen atoms in total. The van der Waals surface area contributed by atoms with Gasteiger partial charge >= 0.3 is 0 Å². The molecule has 6 heteroatoms. The summed E-state index contributed by atoms with van der Waals surface area (Å²) in [5, 5.41) is 0. The SMILES string of the molecule is CCCOC1CCCN(S(=O)(=O)c2ccc(CN)cc2)C1. The van der Waals surface area contributed by atoms with Crippen LogP contribution in [0.1, 0.15) is 31.7 Å². The van der Waals surface area contributed by atoms with Crippen LogP contribution in [-0.4, -0.2) is 38.5 Å². The largest absolute Gasteiger partial charge is 0.377 e. The Balaban J connectivity index is 2.10. The number of sulfonamides is 1. The van der Waals surface area contributed by atoms with Crippen molar-refractivity contribution in [2.24, 2.45) is 5.73 Å². The third-order valence-corrected chi connectivity index (χ3v) is 5.57. The topological polar surface area (TPSA) is 72.6 Å². The lowest BCUT2D eigenvalue weighted by Gasteiger charge is -2.31. The summed E-state index contributed by atoms with van der Waals surface area (Å²) in [7, 11) is -3.43. The van der Waals surface area contributed by atoms with Gasteiger partial charge in [0, 0.05) is 26.2 Å². The van der Waals surface area contributed by atoms with Gasteiger partial charge in [0.05, 0.1) is 11.0 Å². The highest BCUT2D eigenvalue weighted by Crippen LogP contribution is 2.22. The van der Waals surface area contributed by atoms with Crippen molar-refractivity contribution >= 4 is 10.0 Å². The van der Waals surface area contributed by atoms with Gasteiger partial charge in [0.15, 0.2) is 0 Å². The van der Waals surface area contributed by atoms with Gasteiger partial charge in [-0.2, -0.15) is 4.31 Å². The van der Waals surface area contributed by atoms with Crippen molar-refractivity contribution in [3.8, 4) is 0 Å². The number of nitrogens with two attached hydrogens (primary N) is 1. The monoisotopic (exact) mass is 312 g/mol. The van der Waals surface area contributed by atoms with Crippen LogP contribution in [0.4, 0.5) is 0 Å². The average Bonchev–Trinajstić information content (AvgIpc) is 2.53. The van der Waals surface area contributed by atoms with E-state index >= 15 is 0 Å². The zero-order valence-corrected chi connectivity index (χ0v) is 13.3. The molecule has 0 saturated carbocycles. The molecule has 1 saturated heterocycles. The molecular weight excluding hydrogens is 288 g/mol. The second-order valence-corrected chi connectivity index (χ2v) is 7.28. The number of piperidine rings is 1. The van der Waals surface area contributed by atoms with Crippen molar-refractivity contribution < 1.29 is 13.2 Å². The van der Waals surface area contributed by atoms with Gasteiger partial charge in [-0.15, -0.1) is 0 Å². The van der Waals surface area contributed by atoms with Crippen LogP contribution >= 0.6 is 0 Å². The Labute approximate surface area is 127 Å². The smallest absolute Gasteiger partial charge is 0.243 e. The molecule has 1 atom stereocenters. The van der Waals surface area contributed by atoms with Crippen LogP contribution in [0.2, 0.25) is 0 Å². The first kappa shape index (κ1) is 16.4. The number of hydrogen-bond donors (Lipinski definition) is 1. The molecule has 1 heterocycles. The van der Waals surface area contributed by atoms with Gasteiger partial charge in [-0.25, -0.2) is 8.42 Å². The van der Waals surface area contributed by atoms with Crippen LogP contribution < -0.4 is 5.73 Å². The minimum atomic E-state index is -3.43. The van der Waals surface area contributed by atoms with Gasteiger partial charge in [-0.1, -0.05) is 19.1 Å². The zero-order chi connectivity index (χ0) is 15.3. The molecule has 21 heavy (non-hydrogen) atoms. The van der Waals surface area contributed by atoms with Crippen molar-refractivity contribution in [2.45, 2.75) is 43.7 Å². The molecule has 2 N–H and O–H groups in total. The number of ether oxygens (including phenoxy) is 1. The van der Waals surface area contributed by atoms with Crippen LogP contribution in [0.3, 0.4) is 0 Å². The van der Waals surface area contributed by atoms with Crippen molar-refractivity contribution in [1.29, 1.82) is 0 Å². The van der Waals surface area contributed by atoms with Crippen molar-refractivity contribution in [3.05, 3.63) is 29.8 Å². The van der Waals surface area contributed by atoms with E-state index < -0.39 is 10.0 Å². The van der Waals surface area contributed by atoms with Crippen LogP contribution in [0.25, 0.3) is 0 Å². The first-order valence-corrected chi connectivity index (χ1v) is 8.92. The number of nitrogens with zero attached hydrogens (tertiary/aromatic N) is 1. The molecule has 0 bridgehead atoms. The van der Waals surface area contributed by atoms with E-state index in [0.717, 1.165) is 24.8 Å². The van der Waals surface area contributed by atoms with Gasteiger partial charge in [0.1, 0.15) is 0 Å². The standard InChI is InChI=1S/C15H24N2O3S/c1-2-10-20-14-4-3-9-17(12-14)21(18,19)15-7-5-13(11-16)6-8-15/h5-8,14H,2-4,9-12,16H2,1H3. The van der Waals surface area contributed by atoms with E-state index in [-0.39, 0.29) is 6.10 Å². The first-order chi connectivity index (χ1) is 10.1. The number of benzene rings is 1. The van der Waals surface area contributed by atoms with E-state index in [0.29, 0.717) is 31.1 Å². The van der Waals surface area contributed by atoms with Crippen LogP contribution in [0.15, 0.2) is 29.2 Å². The molecule has 1 aliphatic heterocycles. The Bertz CT molecular complexity index is 543. The van der Waals surface area contributed by atoms with E-state index in [1.54, 1.807) is 24.3 Å². The van der Waals surface area contributed by atoms with Crippen LogP contribution in [-0.2, 0) is 21.3 Å². The van der Waals surface area contributed by atoms with Gasteiger partial charge in [0.2, 0.25) is 10.0 Å². The van der Waals surface area contributed by atoms with Crippen molar-refractivity contribution in [3.63, 3.8) is 0 Å². The quantitative estimate of drug-likeness (QED) is 0.868. The maximum atomic E-state index is 12.6. The second-order valence-electron chi connectivity index (χ2n) is 5.35. The minimum absolute atomic E-state index is 0.0109. The lowest BCUT2D eigenvalue weighted by atomic mass is 10.1. The van der Waals surface area contributed by atoms with Gasteiger partial charge < -0.3 is 10.5 Å². The highest BCUT2D eigenvalue weighted by atomic mass is 32.2. The normalized spacial score (nSPS) is 20.6. The van der Waals surface area contributed by atoms with Gasteiger partial charge in [0.25, 0.3) is 0 Å². The molecule has 0 aliphatic carbocycles. The van der Waals surface area contributed by atoms with E-state index in [2.05, 4.69) is 6.92 Å². The Morgan fingerprint density at radius 3 is 2.67 bits per heavy atom. The summed E-state index contributed by atoms with van der Waals surface area (Å²) in [5.41, 5.74) is 6.47. The molecule has 1 aliphatic rings. The second kappa shape index (κ2) is 7.35. The third-order valence-electron chi connectivity index (χ3n) is 3.70. The zero-order valence-electron chi connectivity index (χ0n) is 12.5. The Hall–Kier alpha value is -0.950. The van der Waals surface area contributed by atoms with Crippen molar-refractivity contribution in [1.82, 2.24) is 4.31 Å². The van der Waals surface area contributed by atoms with Crippen molar-refractivity contribution in [2.75, 3.05) is 19.7 Å². The third kappa shape index (κ3) is 4.03. The molecule has 118 valence electrons. The lowest BCUT2D eigenvalue weighted by molar-refractivity contribution is 0.0193. The van der Waals surface area contributed by atoms with E-state index in [9.17, 15) is 8.42 Å². The summed E-state index contributed by atoms with van der Waals surface area (Å²) in [4.78, 5) is 0.329. The summed E-state index contributed by atoms with van der Waals surface area (Å²) in [6.45, 7) is 4.16. The summed E-state index contributed by atoms with van der Waals surface area (Å²) in [6, 6.07) is 6.80. The fourth-order valence-corrected chi connectivity index (χ4v) is 4.00. The maximum absolute atomic E-state index is 12.6. The molecule has 1 aromatic rings. The molecular formula is C15H24N2O3S. The lowest BCUT2D eigenvalue weighted by Crippen LogP contribution is -2.43. The molecule has 0 spiro atoms. The predicted molar refractivity (Wildman–Crippen MR) is 82.4 cm³/mol. The fourth-order valence-electron chi connectivity index (χ4n) is 2.49. The fraction of sp³-hybridized carbons (Fsp3) is 0.600. The molecule has 1 fully saturated rings. The Kier molecular flexibility index (Phi) is 5.75. The summed E-state index contributed by atoms with van der Waals surface area (Å²) in [6.07, 6.45) is 2.73. The minimum Gasteiger partial charge on any atom is -0.377 e. The van der Waals surface area contributed by atoms with E-state index in [4.69, 9.17) is 10.5 Å². The molecule has 0 aromatic heterocycles. The summed E-state index contributed by atoms with van der Waals surface area (Å²) < 4.78 is 32.5. The first-order valence-electron chi connectivity index (χ1n) is 7.48. The number of rotatable bonds is 6. The molecule has 1 aromatic carbocycles. The summed E-state index contributed by atoms with van der Waals surface area (Å²) in [5.74, 6) is 0. The van der Waals surface area contributed by atoms with Crippen LogP contribution in [0, 0.1) is 0 Å². The van der Waals surface area contributed by atoms with Crippen LogP contribution in [0.5, 0.6) is 0 Å². The predicted octanol–water partition coefficient (Wildman–Crippen LogP) is 1.72.